The fourth-order valence-electron chi connectivity index (χ4n) is 6.74. The van der Waals surface area contributed by atoms with Crippen LogP contribution in [-0.4, -0.2) is 37.9 Å². The van der Waals surface area contributed by atoms with Crippen LogP contribution in [0.2, 0.25) is 0 Å². The number of rotatable bonds is 1. The molecule has 27 heavy (non-hydrogen) atoms. The van der Waals surface area contributed by atoms with Crippen molar-refractivity contribution in [1.29, 1.82) is 0 Å². The van der Waals surface area contributed by atoms with Crippen molar-refractivity contribution in [3.05, 3.63) is 35.4 Å². The first-order chi connectivity index (χ1) is 13.0. The number of hydrogen-bond acceptors (Lipinski definition) is 5. The summed E-state index contributed by atoms with van der Waals surface area (Å²) in [6, 6.07) is 8.20. The first-order valence-electron chi connectivity index (χ1n) is 10.0. The van der Waals surface area contributed by atoms with Gasteiger partial charge in [-0.2, -0.15) is 0 Å². The summed E-state index contributed by atoms with van der Waals surface area (Å²) in [5.74, 6) is -1.95. The van der Waals surface area contributed by atoms with Crippen molar-refractivity contribution in [1.82, 2.24) is 0 Å². The third-order valence-corrected chi connectivity index (χ3v) is 7.84. The van der Waals surface area contributed by atoms with Gasteiger partial charge in [0.2, 0.25) is 0 Å². The van der Waals surface area contributed by atoms with E-state index in [-0.39, 0.29) is 23.5 Å². The van der Waals surface area contributed by atoms with Crippen LogP contribution in [0.4, 0.5) is 0 Å². The Bertz CT molecular complexity index is 796. The lowest BCUT2D eigenvalue weighted by Crippen LogP contribution is -2.62. The van der Waals surface area contributed by atoms with Gasteiger partial charge >= 0.3 is 5.97 Å². The Hall–Kier alpha value is -1.72. The summed E-state index contributed by atoms with van der Waals surface area (Å²) < 4.78 is 17.4. The van der Waals surface area contributed by atoms with Crippen LogP contribution >= 0.6 is 0 Å². The Labute approximate surface area is 159 Å². The van der Waals surface area contributed by atoms with E-state index in [1.54, 1.807) is 0 Å². The van der Waals surface area contributed by atoms with Crippen molar-refractivity contribution in [2.45, 2.75) is 44.3 Å². The van der Waals surface area contributed by atoms with E-state index in [1.165, 1.54) is 12.7 Å². The number of Topliss-reactive ketones (excluding diaryl/α,β-unsaturated/α-hetero) is 1. The standard InChI is InChI=1S/C22H26O5/c1-21-16(9-10-22(21)26-11-12-27-22)15-8-7-13-5-3-4-6-14(13)17(15)19(23)18(21)20(24)25-2/h3-6,15-18H,7-12H2,1-2H3/t15-,16+,17-,18?,21-/m1/s1. The van der Waals surface area contributed by atoms with E-state index < -0.39 is 23.1 Å². The molecule has 5 nitrogen and oxygen atoms in total. The molecule has 1 heterocycles. The molecule has 5 rings (SSSR count). The van der Waals surface area contributed by atoms with Gasteiger partial charge < -0.3 is 14.2 Å². The van der Waals surface area contributed by atoms with E-state index >= 15 is 0 Å². The second-order valence-corrected chi connectivity index (χ2v) is 8.62. The highest BCUT2D eigenvalue weighted by atomic mass is 16.7. The molecule has 0 aromatic heterocycles. The first kappa shape index (κ1) is 17.4. The third kappa shape index (κ3) is 2.07. The summed E-state index contributed by atoms with van der Waals surface area (Å²) in [4.78, 5) is 26.7. The summed E-state index contributed by atoms with van der Waals surface area (Å²) in [6.45, 7) is 3.06. The average molecular weight is 370 g/mol. The number of esters is 1. The van der Waals surface area contributed by atoms with Gasteiger partial charge in [-0.05, 0) is 42.2 Å². The van der Waals surface area contributed by atoms with Crippen molar-refractivity contribution in [3.8, 4) is 0 Å². The second kappa shape index (κ2) is 5.89. The van der Waals surface area contributed by atoms with Crippen LogP contribution in [0, 0.1) is 23.2 Å². The number of hydrogen-bond donors (Lipinski definition) is 0. The van der Waals surface area contributed by atoms with E-state index in [0.29, 0.717) is 13.2 Å². The summed E-state index contributed by atoms with van der Waals surface area (Å²) in [6.07, 6.45) is 3.60. The fourth-order valence-corrected chi connectivity index (χ4v) is 6.74. The number of benzene rings is 1. The first-order valence-corrected chi connectivity index (χ1v) is 10.0. The summed E-state index contributed by atoms with van der Waals surface area (Å²) in [7, 11) is 1.37. The maximum Gasteiger partial charge on any atom is 0.317 e. The Morgan fingerprint density at radius 2 is 1.93 bits per heavy atom. The molecular formula is C22H26O5. The minimum Gasteiger partial charge on any atom is -0.468 e. The van der Waals surface area contributed by atoms with E-state index in [1.807, 2.05) is 19.1 Å². The molecule has 0 radical (unpaired) electrons. The van der Waals surface area contributed by atoms with Crippen molar-refractivity contribution in [2.75, 3.05) is 20.3 Å². The maximum absolute atomic E-state index is 13.8. The average Bonchev–Trinajstić information content (AvgIpc) is 3.28. The molecule has 0 N–H and O–H groups in total. The number of methoxy groups -OCH3 is 1. The van der Waals surface area contributed by atoms with E-state index in [2.05, 4.69) is 12.1 Å². The highest BCUT2D eigenvalue weighted by Crippen LogP contribution is 2.67. The third-order valence-electron chi connectivity index (χ3n) is 7.84. The molecule has 3 aliphatic carbocycles. The highest BCUT2D eigenvalue weighted by Gasteiger charge is 2.72. The van der Waals surface area contributed by atoms with Gasteiger partial charge in [-0.3, -0.25) is 9.59 Å². The van der Waals surface area contributed by atoms with Crippen LogP contribution in [0.5, 0.6) is 0 Å². The number of carbonyl (C=O) groups excluding carboxylic acids is 2. The zero-order valence-corrected chi connectivity index (χ0v) is 15.9. The minimum absolute atomic E-state index is 0.0156. The lowest BCUT2D eigenvalue weighted by molar-refractivity contribution is -0.251. The lowest BCUT2D eigenvalue weighted by atomic mass is 9.50. The second-order valence-electron chi connectivity index (χ2n) is 8.62. The number of ketones is 1. The molecule has 5 atom stereocenters. The van der Waals surface area contributed by atoms with Crippen LogP contribution < -0.4 is 0 Å². The Morgan fingerprint density at radius 1 is 1.19 bits per heavy atom. The topological polar surface area (TPSA) is 61.8 Å². The monoisotopic (exact) mass is 370 g/mol. The highest BCUT2D eigenvalue weighted by molar-refractivity contribution is 6.04. The molecular weight excluding hydrogens is 344 g/mol. The molecule has 0 bridgehead atoms. The van der Waals surface area contributed by atoms with E-state index in [0.717, 1.165) is 31.2 Å². The molecule has 0 amide bonds. The van der Waals surface area contributed by atoms with E-state index in [9.17, 15) is 9.59 Å². The van der Waals surface area contributed by atoms with Crippen LogP contribution in [0.25, 0.3) is 0 Å². The summed E-state index contributed by atoms with van der Waals surface area (Å²) in [5.41, 5.74) is 1.66. The summed E-state index contributed by atoms with van der Waals surface area (Å²) >= 11 is 0. The smallest absolute Gasteiger partial charge is 0.317 e. The molecule has 144 valence electrons. The number of ether oxygens (including phenoxy) is 3. The predicted octanol–water partition coefficient (Wildman–Crippen LogP) is 2.86. The number of fused-ring (bicyclic) bond motifs is 6. The van der Waals surface area contributed by atoms with Crippen molar-refractivity contribution in [2.24, 2.45) is 23.2 Å². The molecule has 2 saturated carbocycles. The van der Waals surface area contributed by atoms with Gasteiger partial charge in [0.15, 0.2) is 11.6 Å². The Balaban J connectivity index is 1.67. The minimum atomic E-state index is -0.847. The van der Waals surface area contributed by atoms with Gasteiger partial charge in [0.1, 0.15) is 5.92 Å². The van der Waals surface area contributed by atoms with Gasteiger partial charge in [0.05, 0.1) is 20.3 Å². The molecule has 1 saturated heterocycles. The van der Waals surface area contributed by atoms with Crippen LogP contribution in [-0.2, 0) is 30.2 Å². The van der Waals surface area contributed by atoms with Crippen LogP contribution in [0.3, 0.4) is 0 Å². The van der Waals surface area contributed by atoms with Gasteiger partial charge in [-0.1, -0.05) is 31.2 Å². The van der Waals surface area contributed by atoms with E-state index in [4.69, 9.17) is 14.2 Å². The molecule has 1 aliphatic heterocycles. The Morgan fingerprint density at radius 3 is 2.67 bits per heavy atom. The van der Waals surface area contributed by atoms with Crippen LogP contribution in [0.1, 0.15) is 43.2 Å². The molecule has 1 unspecified atom stereocenters. The van der Waals surface area contributed by atoms with Gasteiger partial charge in [-0.15, -0.1) is 0 Å². The fraction of sp³-hybridized carbons (Fsp3) is 0.636. The normalized spacial score (nSPS) is 39.0. The Kier molecular flexibility index (Phi) is 3.79. The van der Waals surface area contributed by atoms with Gasteiger partial charge in [0.25, 0.3) is 0 Å². The summed E-state index contributed by atoms with van der Waals surface area (Å²) in [5, 5.41) is 0. The quantitative estimate of drug-likeness (QED) is 0.562. The molecule has 1 aromatic rings. The number of aryl methyl sites for hydroxylation is 1. The molecule has 1 spiro atoms. The van der Waals surface area contributed by atoms with Gasteiger partial charge in [-0.25, -0.2) is 0 Å². The van der Waals surface area contributed by atoms with Gasteiger partial charge in [0, 0.05) is 17.8 Å². The molecule has 5 heteroatoms. The largest absolute Gasteiger partial charge is 0.468 e. The maximum atomic E-state index is 13.8. The zero-order chi connectivity index (χ0) is 18.8. The zero-order valence-electron chi connectivity index (χ0n) is 15.9. The van der Waals surface area contributed by atoms with Crippen molar-refractivity contribution < 1.29 is 23.8 Å². The van der Waals surface area contributed by atoms with Crippen molar-refractivity contribution >= 4 is 11.8 Å². The lowest BCUT2D eigenvalue weighted by Gasteiger charge is -2.54. The van der Waals surface area contributed by atoms with Crippen LogP contribution in [0.15, 0.2) is 24.3 Å². The predicted molar refractivity (Wildman–Crippen MR) is 97.0 cm³/mol. The number of carbonyl (C=O) groups is 2. The van der Waals surface area contributed by atoms with Crippen molar-refractivity contribution in [3.63, 3.8) is 0 Å². The molecule has 3 fully saturated rings. The molecule has 4 aliphatic rings. The SMILES string of the molecule is COC(=O)C1C(=O)[C@@H]2c3ccccc3CC[C@@H]2[C@@H]2CCC3(OCCO3)[C@@]12C. The molecule has 1 aromatic carbocycles.